The van der Waals surface area contributed by atoms with Gasteiger partial charge in [0.15, 0.2) is 5.95 Å². The first-order valence-corrected chi connectivity index (χ1v) is 6.11. The second-order valence-electron chi connectivity index (χ2n) is 4.10. The first-order chi connectivity index (χ1) is 9.28. The summed E-state index contributed by atoms with van der Waals surface area (Å²) < 4.78 is 3.28. The summed E-state index contributed by atoms with van der Waals surface area (Å²) in [6.45, 7) is 3.84. The van der Waals surface area contributed by atoms with E-state index >= 15 is 0 Å². The van der Waals surface area contributed by atoms with Gasteiger partial charge in [0.25, 0.3) is 0 Å². The summed E-state index contributed by atoms with van der Waals surface area (Å²) in [5.74, 6) is 2.02. The van der Waals surface area contributed by atoms with E-state index < -0.39 is 0 Å². The van der Waals surface area contributed by atoms with Gasteiger partial charge in [0.1, 0.15) is 5.82 Å². The van der Waals surface area contributed by atoms with Crippen LogP contribution in [0.15, 0.2) is 30.3 Å². The molecule has 3 aromatic rings. The van der Waals surface area contributed by atoms with Gasteiger partial charge in [-0.2, -0.15) is 5.10 Å². The molecule has 3 rings (SSSR count). The minimum atomic E-state index is 0. The normalized spacial score (nSPS) is 10.3. The van der Waals surface area contributed by atoms with Crippen molar-refractivity contribution in [3.8, 4) is 11.6 Å². The Bertz CT molecular complexity index is 688. The van der Waals surface area contributed by atoms with E-state index in [1.54, 1.807) is 4.68 Å². The third-order valence-electron chi connectivity index (χ3n) is 2.69. The van der Waals surface area contributed by atoms with Gasteiger partial charge in [-0.1, -0.05) is 25.1 Å². The SMILES string of the molecule is CCc1nc(-n2[c-]nc(C)n2)n(-c2ccccc2)n1.[Ir]. The molecule has 1 aromatic carbocycles. The zero-order valence-corrected chi connectivity index (χ0v) is 13.5. The molecule has 7 heteroatoms. The second kappa shape index (κ2) is 6.07. The minimum absolute atomic E-state index is 0. The molecule has 6 nitrogen and oxygen atoms in total. The van der Waals surface area contributed by atoms with E-state index in [2.05, 4.69) is 26.5 Å². The standard InChI is InChI=1S/C13H13N6.Ir/c1-3-12-15-13(18-9-14-10(2)16-18)19(17-12)11-7-5-4-6-8-11;/h4-8H,3H2,1-2H3;/q-1;. The molecule has 0 bridgehead atoms. The Balaban J connectivity index is 0.00000147. The predicted octanol–water partition coefficient (Wildman–Crippen LogP) is 1.52. The van der Waals surface area contributed by atoms with Gasteiger partial charge in [0, 0.05) is 38.7 Å². The van der Waals surface area contributed by atoms with Crippen LogP contribution in [0.5, 0.6) is 0 Å². The molecule has 0 saturated heterocycles. The topological polar surface area (TPSA) is 61.4 Å². The van der Waals surface area contributed by atoms with Gasteiger partial charge in [-0.25, -0.2) is 9.78 Å². The Kier molecular flexibility index (Phi) is 4.42. The van der Waals surface area contributed by atoms with Crippen LogP contribution >= 0.6 is 0 Å². The fourth-order valence-electron chi connectivity index (χ4n) is 1.77. The van der Waals surface area contributed by atoms with Crippen molar-refractivity contribution in [2.24, 2.45) is 0 Å². The summed E-state index contributed by atoms with van der Waals surface area (Å²) in [5, 5.41) is 8.72. The number of aromatic nitrogens is 6. The Morgan fingerprint density at radius 3 is 2.50 bits per heavy atom. The van der Waals surface area contributed by atoms with Gasteiger partial charge >= 0.3 is 0 Å². The number of aryl methyl sites for hydroxylation is 2. The van der Waals surface area contributed by atoms with Crippen molar-refractivity contribution >= 4 is 0 Å². The number of para-hydroxylation sites is 1. The number of hydrogen-bond acceptors (Lipinski definition) is 4. The van der Waals surface area contributed by atoms with Crippen LogP contribution in [-0.2, 0) is 26.5 Å². The molecule has 2 heterocycles. The van der Waals surface area contributed by atoms with Crippen LogP contribution < -0.4 is 0 Å². The summed E-state index contributed by atoms with van der Waals surface area (Å²) in [6.07, 6.45) is 3.57. The van der Waals surface area contributed by atoms with Gasteiger partial charge in [0.2, 0.25) is 0 Å². The molecule has 0 fully saturated rings. The van der Waals surface area contributed by atoms with Crippen molar-refractivity contribution in [3.05, 3.63) is 48.3 Å². The molecule has 0 aliphatic heterocycles. The van der Waals surface area contributed by atoms with E-state index in [0.717, 1.165) is 17.9 Å². The molecule has 0 unspecified atom stereocenters. The van der Waals surface area contributed by atoms with E-state index in [0.29, 0.717) is 11.8 Å². The van der Waals surface area contributed by atoms with Gasteiger partial charge in [-0.05, 0) is 19.1 Å². The molecule has 0 amide bonds. The van der Waals surface area contributed by atoms with Crippen molar-refractivity contribution in [3.63, 3.8) is 0 Å². The molecule has 0 aliphatic rings. The van der Waals surface area contributed by atoms with Crippen molar-refractivity contribution < 1.29 is 20.1 Å². The zero-order chi connectivity index (χ0) is 13.2. The van der Waals surface area contributed by atoms with Crippen molar-refractivity contribution in [2.45, 2.75) is 20.3 Å². The van der Waals surface area contributed by atoms with Crippen LogP contribution in [0.25, 0.3) is 11.6 Å². The molecule has 2 aromatic heterocycles. The van der Waals surface area contributed by atoms with Crippen LogP contribution in [-0.4, -0.2) is 29.5 Å². The molecule has 20 heavy (non-hydrogen) atoms. The van der Waals surface area contributed by atoms with E-state index in [9.17, 15) is 0 Å². The average Bonchev–Trinajstić information content (AvgIpc) is 3.05. The van der Waals surface area contributed by atoms with Gasteiger partial charge in [-0.15, -0.1) is 0 Å². The van der Waals surface area contributed by atoms with E-state index in [1.807, 2.05) is 44.2 Å². The van der Waals surface area contributed by atoms with Crippen LogP contribution in [0.3, 0.4) is 0 Å². The Hall–Kier alpha value is -1.85. The summed E-state index contributed by atoms with van der Waals surface area (Å²) in [4.78, 5) is 8.48. The van der Waals surface area contributed by atoms with Gasteiger partial charge < -0.3 is 9.67 Å². The molecule has 0 atom stereocenters. The van der Waals surface area contributed by atoms with Crippen molar-refractivity contribution in [2.75, 3.05) is 0 Å². The number of rotatable bonds is 3. The molecule has 105 valence electrons. The smallest absolute Gasteiger partial charge is 0.152 e. The summed E-state index contributed by atoms with van der Waals surface area (Å²) in [5.41, 5.74) is 0.936. The fourth-order valence-corrected chi connectivity index (χ4v) is 1.77. The number of nitrogens with zero attached hydrogens (tertiary/aromatic N) is 6. The van der Waals surface area contributed by atoms with Crippen LogP contribution in [0.4, 0.5) is 0 Å². The average molecular weight is 446 g/mol. The summed E-state index contributed by atoms with van der Waals surface area (Å²) in [7, 11) is 0. The molecule has 0 aliphatic carbocycles. The van der Waals surface area contributed by atoms with Crippen LogP contribution in [0.1, 0.15) is 18.6 Å². The van der Waals surface area contributed by atoms with Gasteiger partial charge in [-0.3, -0.25) is 4.98 Å². The third kappa shape index (κ3) is 2.69. The Morgan fingerprint density at radius 2 is 1.90 bits per heavy atom. The van der Waals surface area contributed by atoms with Gasteiger partial charge in [0.05, 0.1) is 5.69 Å². The second-order valence-corrected chi connectivity index (χ2v) is 4.10. The molecule has 0 saturated carbocycles. The maximum absolute atomic E-state index is 4.48. The van der Waals surface area contributed by atoms with E-state index in [4.69, 9.17) is 0 Å². The molecular formula is C13H13IrN6-. The maximum Gasteiger partial charge on any atom is 0.152 e. The largest absolute Gasteiger partial charge is 0.350 e. The minimum Gasteiger partial charge on any atom is -0.350 e. The predicted molar refractivity (Wildman–Crippen MR) is 69.2 cm³/mol. The quantitative estimate of drug-likeness (QED) is 0.574. The first kappa shape index (κ1) is 14.6. The molecule has 1 radical (unpaired) electrons. The van der Waals surface area contributed by atoms with Crippen LogP contribution in [0.2, 0.25) is 0 Å². The fraction of sp³-hybridized carbons (Fsp3) is 0.231. The summed E-state index contributed by atoms with van der Waals surface area (Å²) >= 11 is 0. The molecule has 0 spiro atoms. The number of benzene rings is 1. The Labute approximate surface area is 130 Å². The maximum atomic E-state index is 4.48. The Morgan fingerprint density at radius 1 is 1.15 bits per heavy atom. The van der Waals surface area contributed by atoms with Crippen molar-refractivity contribution in [1.82, 2.24) is 29.5 Å². The molecule has 0 N–H and O–H groups in total. The molecular weight excluding hydrogens is 432 g/mol. The first-order valence-electron chi connectivity index (χ1n) is 6.11. The number of hydrogen-bond donors (Lipinski definition) is 0. The zero-order valence-electron chi connectivity index (χ0n) is 11.1. The monoisotopic (exact) mass is 446 g/mol. The third-order valence-corrected chi connectivity index (χ3v) is 2.69. The van der Waals surface area contributed by atoms with E-state index in [1.165, 1.54) is 4.68 Å². The van der Waals surface area contributed by atoms with E-state index in [-0.39, 0.29) is 20.1 Å². The van der Waals surface area contributed by atoms with Crippen molar-refractivity contribution in [1.29, 1.82) is 0 Å². The summed E-state index contributed by atoms with van der Waals surface area (Å²) in [6, 6.07) is 9.83. The van der Waals surface area contributed by atoms with Crippen LogP contribution in [0, 0.1) is 13.3 Å².